The average molecular weight is 287 g/mol. The molecule has 0 amide bonds. The fourth-order valence-corrected chi connectivity index (χ4v) is 3.10. The first kappa shape index (κ1) is 13.9. The lowest BCUT2D eigenvalue weighted by Gasteiger charge is -2.31. The van der Waals surface area contributed by atoms with Crippen molar-refractivity contribution in [3.63, 3.8) is 0 Å². The van der Waals surface area contributed by atoms with Crippen molar-refractivity contribution in [3.05, 3.63) is 41.7 Å². The zero-order valence-corrected chi connectivity index (χ0v) is 12.7. The molecular formula is C16H21N3O2. The Morgan fingerprint density at radius 2 is 2.24 bits per heavy atom. The molecule has 1 aliphatic rings. The Bertz CT molecular complexity index is 624. The standard InChI is InChI=1S/C16H21N3O2/c1-17-15(16-14(20-3)9-18-19(16)2)12-8-11-6-4-5-7-13(11)21-10-12/h4-7,9,12,15,17H,8,10H2,1-3H3. The summed E-state index contributed by atoms with van der Waals surface area (Å²) in [7, 11) is 5.59. The van der Waals surface area contributed by atoms with Gasteiger partial charge in [-0.05, 0) is 25.1 Å². The molecule has 2 aromatic rings. The van der Waals surface area contributed by atoms with Gasteiger partial charge in [0.1, 0.15) is 5.75 Å². The van der Waals surface area contributed by atoms with Gasteiger partial charge in [-0.2, -0.15) is 5.10 Å². The summed E-state index contributed by atoms with van der Waals surface area (Å²) in [6, 6.07) is 8.38. The first-order valence-corrected chi connectivity index (χ1v) is 7.18. The van der Waals surface area contributed by atoms with Crippen molar-refractivity contribution in [1.82, 2.24) is 15.1 Å². The first-order valence-electron chi connectivity index (χ1n) is 7.18. The summed E-state index contributed by atoms with van der Waals surface area (Å²) in [6.45, 7) is 0.691. The Morgan fingerprint density at radius 3 is 3.00 bits per heavy atom. The lowest BCUT2D eigenvalue weighted by Crippen LogP contribution is -2.34. The maximum absolute atomic E-state index is 5.92. The highest BCUT2D eigenvalue weighted by Crippen LogP contribution is 2.36. The number of benzene rings is 1. The van der Waals surface area contributed by atoms with Crippen LogP contribution in [0.1, 0.15) is 17.3 Å². The zero-order valence-electron chi connectivity index (χ0n) is 12.7. The normalized spacial score (nSPS) is 18.7. The summed E-state index contributed by atoms with van der Waals surface area (Å²) < 4.78 is 13.2. The number of hydrogen-bond donors (Lipinski definition) is 1. The smallest absolute Gasteiger partial charge is 0.161 e. The van der Waals surface area contributed by atoms with Crippen molar-refractivity contribution in [1.29, 1.82) is 0 Å². The molecule has 2 unspecified atom stereocenters. The molecule has 3 rings (SSSR count). The van der Waals surface area contributed by atoms with E-state index in [-0.39, 0.29) is 6.04 Å². The van der Waals surface area contributed by atoms with Crippen LogP contribution in [0.5, 0.6) is 11.5 Å². The number of nitrogens with one attached hydrogen (secondary N) is 1. The van der Waals surface area contributed by atoms with Crippen LogP contribution in [-0.2, 0) is 13.5 Å². The third kappa shape index (κ3) is 2.49. The van der Waals surface area contributed by atoms with Gasteiger partial charge in [0.05, 0.1) is 31.6 Å². The maximum Gasteiger partial charge on any atom is 0.161 e. The van der Waals surface area contributed by atoms with Crippen LogP contribution < -0.4 is 14.8 Å². The molecule has 0 fully saturated rings. The number of aromatic nitrogens is 2. The van der Waals surface area contributed by atoms with Gasteiger partial charge < -0.3 is 14.8 Å². The van der Waals surface area contributed by atoms with Gasteiger partial charge in [0, 0.05) is 13.0 Å². The third-order valence-corrected chi connectivity index (χ3v) is 4.15. The van der Waals surface area contributed by atoms with E-state index in [1.54, 1.807) is 13.3 Å². The average Bonchev–Trinajstić information content (AvgIpc) is 2.89. The van der Waals surface area contributed by atoms with Crippen molar-refractivity contribution in [2.75, 3.05) is 20.8 Å². The van der Waals surface area contributed by atoms with Crippen LogP contribution >= 0.6 is 0 Å². The van der Waals surface area contributed by atoms with E-state index in [0.717, 1.165) is 23.6 Å². The number of nitrogens with zero attached hydrogens (tertiary/aromatic N) is 2. The first-order chi connectivity index (χ1) is 10.2. The van der Waals surface area contributed by atoms with Crippen molar-refractivity contribution in [3.8, 4) is 11.5 Å². The molecule has 0 aliphatic carbocycles. The minimum Gasteiger partial charge on any atom is -0.493 e. The Hall–Kier alpha value is -2.01. The Labute approximate surface area is 124 Å². The molecule has 2 atom stereocenters. The second kappa shape index (κ2) is 5.77. The van der Waals surface area contributed by atoms with E-state index < -0.39 is 0 Å². The van der Waals surface area contributed by atoms with Gasteiger partial charge in [-0.15, -0.1) is 0 Å². The SMILES string of the molecule is CNC(c1c(OC)cnn1C)C1COc2ccccc2C1. The Morgan fingerprint density at radius 1 is 1.43 bits per heavy atom. The summed E-state index contributed by atoms with van der Waals surface area (Å²) in [5.41, 5.74) is 2.32. The van der Waals surface area contributed by atoms with Gasteiger partial charge in [-0.1, -0.05) is 18.2 Å². The summed E-state index contributed by atoms with van der Waals surface area (Å²) >= 11 is 0. The van der Waals surface area contributed by atoms with Crippen molar-refractivity contribution in [2.45, 2.75) is 12.5 Å². The molecule has 5 heteroatoms. The summed E-state index contributed by atoms with van der Waals surface area (Å²) in [6.07, 6.45) is 2.74. The molecule has 0 saturated carbocycles. The fourth-order valence-electron chi connectivity index (χ4n) is 3.10. The molecule has 0 bridgehead atoms. The minimum absolute atomic E-state index is 0.140. The lowest BCUT2D eigenvalue weighted by atomic mass is 9.88. The van der Waals surface area contributed by atoms with Gasteiger partial charge in [0.15, 0.2) is 5.75 Å². The molecule has 2 heterocycles. The van der Waals surface area contributed by atoms with E-state index in [4.69, 9.17) is 9.47 Å². The van der Waals surface area contributed by atoms with Crippen LogP contribution in [0, 0.1) is 5.92 Å². The Balaban J connectivity index is 1.90. The van der Waals surface area contributed by atoms with Crippen LogP contribution in [0.15, 0.2) is 30.5 Å². The van der Waals surface area contributed by atoms with Gasteiger partial charge in [0.25, 0.3) is 0 Å². The second-order valence-electron chi connectivity index (χ2n) is 5.37. The van der Waals surface area contributed by atoms with Gasteiger partial charge in [-0.25, -0.2) is 0 Å². The fraction of sp³-hybridized carbons (Fsp3) is 0.438. The summed E-state index contributed by atoms with van der Waals surface area (Å²) in [4.78, 5) is 0. The number of fused-ring (bicyclic) bond motifs is 1. The van der Waals surface area contributed by atoms with Crippen molar-refractivity contribution < 1.29 is 9.47 Å². The van der Waals surface area contributed by atoms with E-state index in [0.29, 0.717) is 12.5 Å². The molecule has 1 N–H and O–H groups in total. The number of rotatable bonds is 4. The van der Waals surface area contributed by atoms with Crippen LogP contribution in [0.4, 0.5) is 0 Å². The molecule has 1 aromatic carbocycles. The van der Waals surface area contributed by atoms with E-state index in [2.05, 4.69) is 22.5 Å². The Kier molecular flexibility index (Phi) is 3.84. The number of ether oxygens (including phenoxy) is 2. The van der Waals surface area contributed by atoms with Crippen molar-refractivity contribution >= 4 is 0 Å². The number of aryl methyl sites for hydroxylation is 1. The highest BCUT2D eigenvalue weighted by atomic mass is 16.5. The quantitative estimate of drug-likeness (QED) is 0.933. The highest BCUT2D eigenvalue weighted by Gasteiger charge is 2.31. The largest absolute Gasteiger partial charge is 0.493 e. The van der Waals surface area contributed by atoms with Crippen LogP contribution in [0.2, 0.25) is 0 Å². The van der Waals surface area contributed by atoms with Gasteiger partial charge >= 0.3 is 0 Å². The van der Waals surface area contributed by atoms with Crippen LogP contribution in [0.25, 0.3) is 0 Å². The molecule has 1 aromatic heterocycles. The summed E-state index contributed by atoms with van der Waals surface area (Å²) in [5, 5.41) is 7.71. The number of para-hydroxylation sites is 1. The predicted molar refractivity (Wildman–Crippen MR) is 80.7 cm³/mol. The monoisotopic (exact) mass is 287 g/mol. The van der Waals surface area contributed by atoms with Crippen molar-refractivity contribution in [2.24, 2.45) is 13.0 Å². The molecule has 112 valence electrons. The maximum atomic E-state index is 5.92. The van der Waals surface area contributed by atoms with Crippen LogP contribution in [-0.4, -0.2) is 30.5 Å². The third-order valence-electron chi connectivity index (χ3n) is 4.15. The molecule has 0 saturated heterocycles. The zero-order chi connectivity index (χ0) is 14.8. The van der Waals surface area contributed by atoms with Crippen LogP contribution in [0.3, 0.4) is 0 Å². The topological polar surface area (TPSA) is 48.3 Å². The molecule has 5 nitrogen and oxygen atoms in total. The lowest BCUT2D eigenvalue weighted by molar-refractivity contribution is 0.183. The molecular weight excluding hydrogens is 266 g/mol. The molecule has 0 spiro atoms. The number of methoxy groups -OCH3 is 1. The molecule has 21 heavy (non-hydrogen) atoms. The van der Waals surface area contributed by atoms with Gasteiger partial charge in [0.2, 0.25) is 0 Å². The molecule has 0 radical (unpaired) electrons. The summed E-state index contributed by atoms with van der Waals surface area (Å²) in [5.74, 6) is 2.16. The van der Waals surface area contributed by atoms with E-state index in [1.165, 1.54) is 5.56 Å². The minimum atomic E-state index is 0.140. The predicted octanol–water partition coefficient (Wildman–Crippen LogP) is 1.94. The van der Waals surface area contributed by atoms with Gasteiger partial charge in [-0.3, -0.25) is 4.68 Å². The highest BCUT2D eigenvalue weighted by molar-refractivity contribution is 5.36. The number of hydrogen-bond acceptors (Lipinski definition) is 4. The van der Waals surface area contributed by atoms with E-state index >= 15 is 0 Å². The van der Waals surface area contributed by atoms with E-state index in [1.807, 2.05) is 30.9 Å². The van der Waals surface area contributed by atoms with E-state index in [9.17, 15) is 0 Å². The second-order valence-corrected chi connectivity index (χ2v) is 5.37. The molecule has 1 aliphatic heterocycles.